The van der Waals surface area contributed by atoms with Crippen LogP contribution in [0.2, 0.25) is 0 Å². The highest BCUT2D eigenvalue weighted by Gasteiger charge is 2.11. The molecule has 1 aromatic rings. The molecule has 0 aliphatic carbocycles. The predicted molar refractivity (Wildman–Crippen MR) is 80.7 cm³/mol. The van der Waals surface area contributed by atoms with Crippen molar-refractivity contribution in [2.75, 3.05) is 13.7 Å². The van der Waals surface area contributed by atoms with Crippen molar-refractivity contribution < 1.29 is 9.47 Å². The van der Waals surface area contributed by atoms with Gasteiger partial charge < -0.3 is 9.47 Å². The smallest absolute Gasteiger partial charge is 0.118 e. The minimum Gasteiger partial charge on any atom is -0.497 e. The van der Waals surface area contributed by atoms with Crippen LogP contribution in [0.4, 0.5) is 0 Å². The minimum absolute atomic E-state index is 0.239. The van der Waals surface area contributed by atoms with Crippen LogP contribution in [-0.2, 0) is 4.74 Å². The Morgan fingerprint density at radius 3 is 2.21 bits per heavy atom. The third-order valence-electron chi connectivity index (χ3n) is 3.37. The van der Waals surface area contributed by atoms with E-state index in [0.29, 0.717) is 0 Å². The fourth-order valence-electron chi connectivity index (χ4n) is 2.13. The Morgan fingerprint density at radius 1 is 0.947 bits per heavy atom. The van der Waals surface area contributed by atoms with Gasteiger partial charge in [-0.25, -0.2) is 0 Å². The van der Waals surface area contributed by atoms with Gasteiger partial charge in [0, 0.05) is 6.61 Å². The zero-order chi connectivity index (χ0) is 13.9. The molecule has 2 nitrogen and oxygen atoms in total. The summed E-state index contributed by atoms with van der Waals surface area (Å²) < 4.78 is 11.3. The van der Waals surface area contributed by atoms with E-state index in [1.807, 2.05) is 12.1 Å². The van der Waals surface area contributed by atoms with E-state index in [1.54, 1.807) is 7.11 Å². The lowest BCUT2D eigenvalue weighted by atomic mass is 10.0. The summed E-state index contributed by atoms with van der Waals surface area (Å²) in [5.74, 6) is 0.906. The van der Waals surface area contributed by atoms with Crippen LogP contribution in [0.15, 0.2) is 24.3 Å². The molecule has 0 bridgehead atoms. The third-order valence-corrected chi connectivity index (χ3v) is 3.37. The van der Waals surface area contributed by atoms with Crippen molar-refractivity contribution in [3.8, 4) is 5.75 Å². The first kappa shape index (κ1) is 16.0. The van der Waals surface area contributed by atoms with E-state index < -0.39 is 0 Å². The first-order valence-electron chi connectivity index (χ1n) is 7.57. The van der Waals surface area contributed by atoms with Crippen LogP contribution in [0.3, 0.4) is 0 Å². The largest absolute Gasteiger partial charge is 0.497 e. The highest BCUT2D eigenvalue weighted by atomic mass is 16.5. The van der Waals surface area contributed by atoms with E-state index in [-0.39, 0.29) is 6.10 Å². The molecule has 0 N–H and O–H groups in total. The van der Waals surface area contributed by atoms with Crippen molar-refractivity contribution in [1.82, 2.24) is 0 Å². The average molecular weight is 264 g/mol. The Bertz CT molecular complexity index is 319. The van der Waals surface area contributed by atoms with Crippen LogP contribution in [0.1, 0.15) is 64.0 Å². The van der Waals surface area contributed by atoms with E-state index in [2.05, 4.69) is 26.0 Å². The Kier molecular flexibility index (Phi) is 8.31. The molecule has 19 heavy (non-hydrogen) atoms. The molecule has 2 heteroatoms. The van der Waals surface area contributed by atoms with Crippen LogP contribution in [0.25, 0.3) is 0 Å². The van der Waals surface area contributed by atoms with Crippen LogP contribution in [0.5, 0.6) is 5.75 Å². The lowest BCUT2D eigenvalue weighted by Gasteiger charge is -2.18. The number of benzene rings is 1. The van der Waals surface area contributed by atoms with Gasteiger partial charge in [-0.05, 0) is 30.5 Å². The Hall–Kier alpha value is -1.02. The highest BCUT2D eigenvalue weighted by Crippen LogP contribution is 2.25. The molecule has 0 aromatic heterocycles. The second kappa shape index (κ2) is 9.85. The van der Waals surface area contributed by atoms with Crippen LogP contribution in [-0.4, -0.2) is 13.7 Å². The molecule has 0 heterocycles. The normalized spacial score (nSPS) is 12.4. The Balaban J connectivity index is 2.55. The van der Waals surface area contributed by atoms with E-state index in [9.17, 15) is 0 Å². The molecule has 0 spiro atoms. The first-order valence-corrected chi connectivity index (χ1v) is 7.57. The van der Waals surface area contributed by atoms with Crippen molar-refractivity contribution in [3.05, 3.63) is 29.8 Å². The molecular formula is C17H28O2. The molecule has 1 unspecified atom stereocenters. The quantitative estimate of drug-likeness (QED) is 0.545. The van der Waals surface area contributed by atoms with Crippen molar-refractivity contribution in [2.24, 2.45) is 0 Å². The zero-order valence-electron chi connectivity index (χ0n) is 12.7. The maximum Gasteiger partial charge on any atom is 0.118 e. The van der Waals surface area contributed by atoms with Gasteiger partial charge in [-0.3, -0.25) is 0 Å². The van der Waals surface area contributed by atoms with Gasteiger partial charge in [0.2, 0.25) is 0 Å². The Labute approximate surface area is 118 Å². The zero-order valence-corrected chi connectivity index (χ0v) is 12.7. The molecule has 0 aliphatic heterocycles. The van der Waals surface area contributed by atoms with Crippen molar-refractivity contribution in [3.63, 3.8) is 0 Å². The van der Waals surface area contributed by atoms with Gasteiger partial charge in [0.15, 0.2) is 0 Å². The van der Waals surface area contributed by atoms with E-state index >= 15 is 0 Å². The van der Waals surface area contributed by atoms with Gasteiger partial charge in [0.1, 0.15) is 5.75 Å². The number of ether oxygens (including phenoxy) is 2. The van der Waals surface area contributed by atoms with Gasteiger partial charge in [-0.2, -0.15) is 0 Å². The van der Waals surface area contributed by atoms with Gasteiger partial charge in [-0.15, -0.1) is 0 Å². The maximum atomic E-state index is 6.07. The van der Waals surface area contributed by atoms with Crippen LogP contribution < -0.4 is 4.74 Å². The number of methoxy groups -OCH3 is 1. The number of rotatable bonds is 10. The van der Waals surface area contributed by atoms with Gasteiger partial charge in [0.25, 0.3) is 0 Å². The van der Waals surface area contributed by atoms with Crippen molar-refractivity contribution in [1.29, 1.82) is 0 Å². The summed E-state index contributed by atoms with van der Waals surface area (Å²) in [6, 6.07) is 8.28. The summed E-state index contributed by atoms with van der Waals surface area (Å²) in [5, 5.41) is 0. The molecular weight excluding hydrogens is 236 g/mol. The van der Waals surface area contributed by atoms with Crippen LogP contribution in [0, 0.1) is 0 Å². The molecule has 1 rings (SSSR count). The second-order valence-corrected chi connectivity index (χ2v) is 4.98. The van der Waals surface area contributed by atoms with E-state index in [4.69, 9.17) is 9.47 Å². The first-order chi connectivity index (χ1) is 9.31. The van der Waals surface area contributed by atoms with Gasteiger partial charge in [-0.1, -0.05) is 51.7 Å². The molecule has 1 aromatic carbocycles. The molecule has 1 atom stereocenters. The van der Waals surface area contributed by atoms with E-state index in [0.717, 1.165) is 25.2 Å². The molecule has 0 saturated carbocycles. The van der Waals surface area contributed by atoms with Gasteiger partial charge >= 0.3 is 0 Å². The lowest BCUT2D eigenvalue weighted by molar-refractivity contribution is 0.0426. The number of hydrogen-bond acceptors (Lipinski definition) is 2. The molecule has 0 radical (unpaired) electrons. The number of unbranched alkanes of at least 4 members (excludes halogenated alkanes) is 3. The minimum atomic E-state index is 0.239. The summed E-state index contributed by atoms with van der Waals surface area (Å²) in [6.45, 7) is 5.31. The highest BCUT2D eigenvalue weighted by molar-refractivity contribution is 5.28. The summed E-state index contributed by atoms with van der Waals surface area (Å²) in [5.41, 5.74) is 1.27. The molecule has 0 amide bonds. The molecule has 0 aliphatic rings. The summed E-state index contributed by atoms with van der Waals surface area (Å²) >= 11 is 0. The standard InChI is InChI=1S/C17H28O2/c1-4-6-8-14-19-17(9-7-5-2)15-10-12-16(18-3)13-11-15/h10-13,17H,4-9,14H2,1-3H3. The maximum absolute atomic E-state index is 6.07. The van der Waals surface area contributed by atoms with Crippen molar-refractivity contribution in [2.45, 2.75) is 58.5 Å². The summed E-state index contributed by atoms with van der Waals surface area (Å²) in [7, 11) is 1.70. The van der Waals surface area contributed by atoms with E-state index in [1.165, 1.54) is 31.2 Å². The topological polar surface area (TPSA) is 18.5 Å². The Morgan fingerprint density at radius 2 is 1.63 bits per heavy atom. The SMILES string of the molecule is CCCCCOC(CCCC)c1ccc(OC)cc1. The molecule has 0 fully saturated rings. The monoisotopic (exact) mass is 264 g/mol. The fourth-order valence-corrected chi connectivity index (χ4v) is 2.13. The predicted octanol–water partition coefficient (Wildman–Crippen LogP) is 5.13. The van der Waals surface area contributed by atoms with Crippen molar-refractivity contribution >= 4 is 0 Å². The average Bonchev–Trinajstić information content (AvgIpc) is 2.47. The number of hydrogen-bond donors (Lipinski definition) is 0. The molecule has 0 saturated heterocycles. The second-order valence-electron chi connectivity index (χ2n) is 4.98. The summed E-state index contributed by atoms with van der Waals surface area (Å²) in [4.78, 5) is 0. The van der Waals surface area contributed by atoms with Crippen LogP contribution >= 0.6 is 0 Å². The fraction of sp³-hybridized carbons (Fsp3) is 0.647. The van der Waals surface area contributed by atoms with Gasteiger partial charge in [0.05, 0.1) is 13.2 Å². The summed E-state index contributed by atoms with van der Waals surface area (Å²) in [6.07, 6.45) is 7.43. The third kappa shape index (κ3) is 6.11. The lowest BCUT2D eigenvalue weighted by Crippen LogP contribution is -2.06. The molecule has 108 valence electrons.